The molecule has 0 aliphatic carbocycles. The van der Waals surface area contributed by atoms with Gasteiger partial charge in [-0.1, -0.05) is 11.6 Å². The van der Waals surface area contributed by atoms with Crippen LogP contribution in [0.5, 0.6) is 0 Å². The van der Waals surface area contributed by atoms with Crippen molar-refractivity contribution in [3.05, 3.63) is 16.9 Å². The molecule has 3 nitrogen and oxygen atoms in total. The number of hydrogen-bond acceptors (Lipinski definition) is 2. The van der Waals surface area contributed by atoms with E-state index in [2.05, 4.69) is 5.10 Å². The zero-order valence-electron chi connectivity index (χ0n) is 5.96. The largest absolute Gasteiger partial charge is 0.393 e. The average Bonchev–Trinajstić information content (AvgIpc) is 2.30. The van der Waals surface area contributed by atoms with E-state index in [4.69, 9.17) is 16.7 Å². The van der Waals surface area contributed by atoms with Crippen LogP contribution in [0.2, 0.25) is 5.02 Å². The number of halogens is 2. The molecule has 0 aliphatic rings. The fraction of sp³-hybridized carbons (Fsp3) is 0.500. The van der Waals surface area contributed by atoms with Crippen LogP contribution in [0.3, 0.4) is 0 Å². The van der Waals surface area contributed by atoms with Gasteiger partial charge in [0.15, 0.2) is 6.17 Å². The monoisotopic (exact) mass is 178 g/mol. The lowest BCUT2D eigenvalue weighted by Gasteiger charge is -2.04. The van der Waals surface area contributed by atoms with E-state index >= 15 is 0 Å². The standard InChI is InChI=1S/C6H8ClFN2O/c1-10-6(5(8)3-11)4(7)2-9-10/h2,5,11H,3H2,1H3. The van der Waals surface area contributed by atoms with E-state index in [0.717, 1.165) is 0 Å². The predicted molar refractivity (Wildman–Crippen MR) is 39.2 cm³/mol. The Balaban J connectivity index is 3.00. The first-order valence-electron chi connectivity index (χ1n) is 3.09. The van der Waals surface area contributed by atoms with E-state index in [1.807, 2.05) is 0 Å². The van der Waals surface area contributed by atoms with Crippen LogP contribution >= 0.6 is 11.6 Å². The van der Waals surface area contributed by atoms with Crippen LogP contribution in [0.15, 0.2) is 6.20 Å². The molecule has 1 heterocycles. The van der Waals surface area contributed by atoms with Crippen molar-refractivity contribution in [2.45, 2.75) is 6.17 Å². The lowest BCUT2D eigenvalue weighted by Crippen LogP contribution is -2.05. The second-order valence-electron chi connectivity index (χ2n) is 2.15. The summed E-state index contributed by atoms with van der Waals surface area (Å²) >= 11 is 5.58. The molecule has 1 aromatic rings. The Morgan fingerprint density at radius 3 is 2.91 bits per heavy atom. The summed E-state index contributed by atoms with van der Waals surface area (Å²) < 4.78 is 14.1. The van der Waals surface area contributed by atoms with Crippen LogP contribution < -0.4 is 0 Å². The summed E-state index contributed by atoms with van der Waals surface area (Å²) in [7, 11) is 1.57. The Labute approximate surface area is 68.4 Å². The smallest absolute Gasteiger partial charge is 0.166 e. The van der Waals surface area contributed by atoms with Gasteiger partial charge in [0.25, 0.3) is 0 Å². The lowest BCUT2D eigenvalue weighted by molar-refractivity contribution is 0.173. The fourth-order valence-corrected chi connectivity index (χ4v) is 1.14. The molecule has 0 saturated carbocycles. The van der Waals surface area contributed by atoms with Crippen LogP contribution in [-0.4, -0.2) is 21.5 Å². The van der Waals surface area contributed by atoms with E-state index in [9.17, 15) is 4.39 Å². The SMILES string of the molecule is Cn1ncc(Cl)c1C(F)CO. The van der Waals surface area contributed by atoms with Crippen molar-refractivity contribution in [3.63, 3.8) is 0 Å². The van der Waals surface area contributed by atoms with Gasteiger partial charge < -0.3 is 5.11 Å². The summed E-state index contributed by atoms with van der Waals surface area (Å²) in [5.41, 5.74) is 0.217. The van der Waals surface area contributed by atoms with Gasteiger partial charge in [0.2, 0.25) is 0 Å². The van der Waals surface area contributed by atoms with Crippen LogP contribution in [0, 0.1) is 0 Å². The quantitative estimate of drug-likeness (QED) is 0.736. The molecular formula is C6H8ClFN2O. The minimum absolute atomic E-state index is 0.217. The number of nitrogens with zero attached hydrogens (tertiary/aromatic N) is 2. The van der Waals surface area contributed by atoms with Crippen molar-refractivity contribution < 1.29 is 9.50 Å². The molecular weight excluding hydrogens is 171 g/mol. The van der Waals surface area contributed by atoms with Gasteiger partial charge in [-0.2, -0.15) is 5.10 Å². The first-order chi connectivity index (χ1) is 5.16. The molecule has 0 amide bonds. The third kappa shape index (κ3) is 1.52. The number of hydrogen-bond donors (Lipinski definition) is 1. The Bertz CT molecular complexity index is 231. The van der Waals surface area contributed by atoms with Crippen LogP contribution in [0.1, 0.15) is 11.9 Å². The normalized spacial score (nSPS) is 13.5. The van der Waals surface area contributed by atoms with E-state index in [1.165, 1.54) is 10.9 Å². The first-order valence-corrected chi connectivity index (χ1v) is 3.47. The van der Waals surface area contributed by atoms with Gasteiger partial charge in [-0.05, 0) is 0 Å². The molecule has 1 unspecified atom stereocenters. The molecule has 0 aromatic carbocycles. The summed E-state index contributed by atoms with van der Waals surface area (Å²) in [5.74, 6) is 0. The predicted octanol–water partition coefficient (Wildman–Crippen LogP) is 1.08. The molecule has 62 valence electrons. The second kappa shape index (κ2) is 3.19. The molecule has 0 saturated heterocycles. The fourth-order valence-electron chi connectivity index (χ4n) is 0.859. The molecule has 1 atom stereocenters. The molecule has 1 rings (SSSR count). The van der Waals surface area contributed by atoms with Gasteiger partial charge in [0.1, 0.15) is 0 Å². The minimum Gasteiger partial charge on any atom is -0.393 e. The summed E-state index contributed by atoms with van der Waals surface area (Å²) in [5, 5.41) is 12.4. The Morgan fingerprint density at radius 1 is 1.91 bits per heavy atom. The first kappa shape index (κ1) is 8.49. The van der Waals surface area contributed by atoms with Crippen molar-refractivity contribution in [2.75, 3.05) is 6.61 Å². The van der Waals surface area contributed by atoms with Gasteiger partial charge in [-0.15, -0.1) is 0 Å². The van der Waals surface area contributed by atoms with Crippen molar-refractivity contribution in [3.8, 4) is 0 Å². The van der Waals surface area contributed by atoms with Crippen LogP contribution in [0.4, 0.5) is 4.39 Å². The van der Waals surface area contributed by atoms with Gasteiger partial charge >= 0.3 is 0 Å². The summed E-state index contributed by atoms with van der Waals surface area (Å²) in [6, 6.07) is 0. The maximum atomic E-state index is 12.8. The minimum atomic E-state index is -1.45. The van der Waals surface area contributed by atoms with E-state index < -0.39 is 12.8 Å². The molecule has 1 aromatic heterocycles. The summed E-state index contributed by atoms with van der Waals surface area (Å²) in [6.45, 7) is -0.570. The van der Waals surface area contributed by atoms with Crippen molar-refractivity contribution >= 4 is 11.6 Å². The topological polar surface area (TPSA) is 38.0 Å². The third-order valence-electron chi connectivity index (χ3n) is 1.39. The molecule has 0 spiro atoms. The third-order valence-corrected chi connectivity index (χ3v) is 1.69. The molecule has 1 N–H and O–H groups in total. The van der Waals surface area contributed by atoms with E-state index in [-0.39, 0.29) is 10.7 Å². The van der Waals surface area contributed by atoms with Gasteiger partial charge in [0, 0.05) is 7.05 Å². The van der Waals surface area contributed by atoms with Crippen LogP contribution in [-0.2, 0) is 7.05 Å². The Morgan fingerprint density at radius 2 is 2.55 bits per heavy atom. The van der Waals surface area contributed by atoms with E-state index in [1.54, 1.807) is 7.05 Å². The molecule has 0 bridgehead atoms. The van der Waals surface area contributed by atoms with Crippen molar-refractivity contribution in [2.24, 2.45) is 7.05 Å². The van der Waals surface area contributed by atoms with Gasteiger partial charge in [-0.25, -0.2) is 4.39 Å². The average molecular weight is 179 g/mol. The zero-order valence-corrected chi connectivity index (χ0v) is 6.72. The molecule has 0 radical (unpaired) electrons. The molecule has 11 heavy (non-hydrogen) atoms. The lowest BCUT2D eigenvalue weighted by atomic mass is 10.3. The molecule has 5 heteroatoms. The Hall–Kier alpha value is -0.610. The summed E-state index contributed by atoms with van der Waals surface area (Å²) in [4.78, 5) is 0. The number of rotatable bonds is 2. The number of alkyl halides is 1. The number of aromatic nitrogens is 2. The van der Waals surface area contributed by atoms with Crippen molar-refractivity contribution in [1.82, 2.24) is 9.78 Å². The van der Waals surface area contributed by atoms with Crippen LogP contribution in [0.25, 0.3) is 0 Å². The molecule has 0 fully saturated rings. The number of aryl methyl sites for hydroxylation is 1. The highest BCUT2D eigenvalue weighted by Gasteiger charge is 2.16. The number of aliphatic hydroxyl groups excluding tert-OH is 1. The van der Waals surface area contributed by atoms with Gasteiger partial charge in [-0.3, -0.25) is 4.68 Å². The van der Waals surface area contributed by atoms with Gasteiger partial charge in [0.05, 0.1) is 23.5 Å². The number of aliphatic hydroxyl groups is 1. The maximum absolute atomic E-state index is 12.8. The van der Waals surface area contributed by atoms with E-state index in [0.29, 0.717) is 0 Å². The molecule has 0 aliphatic heterocycles. The van der Waals surface area contributed by atoms with Crippen molar-refractivity contribution in [1.29, 1.82) is 0 Å². The summed E-state index contributed by atoms with van der Waals surface area (Å²) in [6.07, 6.45) is -0.103. The Kier molecular flexibility index (Phi) is 2.46. The highest BCUT2D eigenvalue weighted by molar-refractivity contribution is 6.31. The zero-order chi connectivity index (χ0) is 8.43. The second-order valence-corrected chi connectivity index (χ2v) is 2.56. The highest BCUT2D eigenvalue weighted by Crippen LogP contribution is 2.23. The highest BCUT2D eigenvalue weighted by atomic mass is 35.5. The maximum Gasteiger partial charge on any atom is 0.166 e.